The molecule has 1 N–H and O–H groups in total. The Morgan fingerprint density at radius 1 is 1.43 bits per heavy atom. The zero-order valence-corrected chi connectivity index (χ0v) is 13.8. The summed E-state index contributed by atoms with van der Waals surface area (Å²) in [5.74, 6) is -0.0765. The van der Waals surface area contributed by atoms with Crippen LogP contribution in [0.15, 0.2) is 33.4 Å². The summed E-state index contributed by atoms with van der Waals surface area (Å²) in [5.41, 5.74) is 3.38. The van der Waals surface area contributed by atoms with Crippen LogP contribution in [0.3, 0.4) is 0 Å². The Morgan fingerprint density at radius 3 is 2.95 bits per heavy atom. The fourth-order valence-corrected chi connectivity index (χ4v) is 3.54. The Kier molecular flexibility index (Phi) is 3.82. The number of carbonyl (C=O) groups excluding carboxylic acids is 2. The standard InChI is InChI=1S/C15H13BrN2O2S/c1-18(7-9-4-13(16)21-8-9)15(20)11-3-2-10-6-14(19)17-12(10)5-11/h2-5,8H,6-7H2,1H3,(H,17,19). The van der Waals surface area contributed by atoms with Gasteiger partial charge in [0.2, 0.25) is 5.91 Å². The Labute approximate surface area is 134 Å². The van der Waals surface area contributed by atoms with Crippen LogP contribution in [-0.4, -0.2) is 23.8 Å². The van der Waals surface area contributed by atoms with E-state index in [0.29, 0.717) is 18.5 Å². The van der Waals surface area contributed by atoms with E-state index in [1.807, 2.05) is 17.5 Å². The minimum absolute atomic E-state index is 0.0222. The van der Waals surface area contributed by atoms with Crippen molar-refractivity contribution in [1.82, 2.24) is 4.90 Å². The minimum Gasteiger partial charge on any atom is -0.337 e. The lowest BCUT2D eigenvalue weighted by Crippen LogP contribution is -2.26. The van der Waals surface area contributed by atoms with Gasteiger partial charge < -0.3 is 10.2 Å². The number of carbonyl (C=O) groups is 2. The van der Waals surface area contributed by atoms with Gasteiger partial charge in [-0.15, -0.1) is 11.3 Å². The third-order valence-corrected chi connectivity index (χ3v) is 4.92. The van der Waals surface area contributed by atoms with Crippen LogP contribution in [0.1, 0.15) is 21.5 Å². The zero-order valence-electron chi connectivity index (χ0n) is 11.4. The number of nitrogens with zero attached hydrogens (tertiary/aromatic N) is 1. The topological polar surface area (TPSA) is 49.4 Å². The normalized spacial score (nSPS) is 13.0. The van der Waals surface area contributed by atoms with Gasteiger partial charge in [0.05, 0.1) is 10.2 Å². The third kappa shape index (κ3) is 3.01. The molecule has 1 aromatic heterocycles. The van der Waals surface area contributed by atoms with Crippen LogP contribution in [0.5, 0.6) is 0 Å². The van der Waals surface area contributed by atoms with Gasteiger partial charge in [-0.1, -0.05) is 6.07 Å². The summed E-state index contributed by atoms with van der Waals surface area (Å²) in [4.78, 5) is 25.5. The molecule has 6 heteroatoms. The van der Waals surface area contributed by atoms with E-state index in [0.717, 1.165) is 20.6 Å². The molecule has 0 fully saturated rings. The maximum absolute atomic E-state index is 12.4. The molecule has 1 aliphatic heterocycles. The van der Waals surface area contributed by atoms with Crippen LogP contribution < -0.4 is 5.32 Å². The number of benzene rings is 1. The molecular weight excluding hydrogens is 352 g/mol. The molecule has 0 saturated carbocycles. The minimum atomic E-state index is -0.0544. The first-order chi connectivity index (χ1) is 10.0. The molecular formula is C15H13BrN2O2S. The fraction of sp³-hybridized carbons (Fsp3) is 0.200. The van der Waals surface area contributed by atoms with E-state index in [4.69, 9.17) is 0 Å². The highest BCUT2D eigenvalue weighted by atomic mass is 79.9. The van der Waals surface area contributed by atoms with E-state index in [-0.39, 0.29) is 11.8 Å². The molecule has 2 amide bonds. The van der Waals surface area contributed by atoms with Gasteiger partial charge in [-0.2, -0.15) is 0 Å². The second-order valence-corrected chi connectivity index (χ2v) is 7.31. The predicted octanol–water partition coefficient (Wildman–Crippen LogP) is 3.28. The zero-order chi connectivity index (χ0) is 15.0. The number of hydrogen-bond donors (Lipinski definition) is 1. The molecule has 1 aromatic carbocycles. The highest BCUT2D eigenvalue weighted by molar-refractivity contribution is 9.11. The van der Waals surface area contributed by atoms with Crippen LogP contribution in [0.4, 0.5) is 5.69 Å². The number of amides is 2. The van der Waals surface area contributed by atoms with Gasteiger partial charge >= 0.3 is 0 Å². The van der Waals surface area contributed by atoms with Gasteiger partial charge in [-0.3, -0.25) is 9.59 Å². The van der Waals surface area contributed by atoms with Crippen molar-refractivity contribution < 1.29 is 9.59 Å². The van der Waals surface area contributed by atoms with Crippen LogP contribution in [-0.2, 0) is 17.8 Å². The molecule has 0 saturated heterocycles. The van der Waals surface area contributed by atoms with Gasteiger partial charge in [-0.05, 0) is 50.6 Å². The SMILES string of the molecule is CN(Cc1csc(Br)c1)C(=O)c1ccc2c(c1)NC(=O)C2. The number of anilines is 1. The fourth-order valence-electron chi connectivity index (χ4n) is 2.34. The molecule has 0 bridgehead atoms. The average molecular weight is 365 g/mol. The first kappa shape index (κ1) is 14.3. The molecule has 2 heterocycles. The Bertz CT molecular complexity index is 726. The number of halogens is 1. The van der Waals surface area contributed by atoms with Gasteiger partial charge in [0, 0.05) is 24.8 Å². The number of rotatable bonds is 3. The molecule has 0 unspecified atom stereocenters. The maximum Gasteiger partial charge on any atom is 0.253 e. The van der Waals surface area contributed by atoms with E-state index in [1.54, 1.807) is 35.4 Å². The number of hydrogen-bond acceptors (Lipinski definition) is 3. The number of fused-ring (bicyclic) bond motifs is 1. The summed E-state index contributed by atoms with van der Waals surface area (Å²) in [5, 5.41) is 4.79. The Balaban J connectivity index is 1.76. The largest absolute Gasteiger partial charge is 0.337 e. The van der Waals surface area contributed by atoms with E-state index in [9.17, 15) is 9.59 Å². The monoisotopic (exact) mass is 364 g/mol. The number of thiophene rings is 1. The van der Waals surface area contributed by atoms with Gasteiger partial charge in [0.15, 0.2) is 0 Å². The van der Waals surface area contributed by atoms with Crippen molar-refractivity contribution in [2.24, 2.45) is 0 Å². The second-order valence-electron chi connectivity index (χ2n) is 5.02. The highest BCUT2D eigenvalue weighted by Crippen LogP contribution is 2.25. The summed E-state index contributed by atoms with van der Waals surface area (Å²) < 4.78 is 1.05. The average Bonchev–Trinajstić information content (AvgIpc) is 3.01. The molecule has 0 spiro atoms. The van der Waals surface area contributed by atoms with Crippen LogP contribution in [0.25, 0.3) is 0 Å². The van der Waals surface area contributed by atoms with Gasteiger partial charge in [0.25, 0.3) is 5.91 Å². The van der Waals surface area contributed by atoms with Crippen molar-refractivity contribution in [1.29, 1.82) is 0 Å². The molecule has 108 valence electrons. The molecule has 0 atom stereocenters. The summed E-state index contributed by atoms with van der Waals surface area (Å²) in [6.45, 7) is 0.560. The summed E-state index contributed by atoms with van der Waals surface area (Å²) >= 11 is 5.02. The smallest absolute Gasteiger partial charge is 0.253 e. The van der Waals surface area contributed by atoms with Crippen LogP contribution >= 0.6 is 27.3 Å². The number of nitrogens with one attached hydrogen (secondary N) is 1. The van der Waals surface area contributed by atoms with Crippen LogP contribution in [0.2, 0.25) is 0 Å². The Hall–Kier alpha value is -1.66. The van der Waals surface area contributed by atoms with E-state index < -0.39 is 0 Å². The maximum atomic E-state index is 12.4. The lowest BCUT2D eigenvalue weighted by molar-refractivity contribution is -0.115. The lowest BCUT2D eigenvalue weighted by Gasteiger charge is -2.17. The van der Waals surface area contributed by atoms with Crippen molar-refractivity contribution in [3.05, 3.63) is 50.1 Å². The molecule has 4 nitrogen and oxygen atoms in total. The molecule has 0 radical (unpaired) electrons. The second kappa shape index (κ2) is 5.61. The van der Waals surface area contributed by atoms with Gasteiger partial charge in [0.1, 0.15) is 0 Å². The predicted molar refractivity (Wildman–Crippen MR) is 86.6 cm³/mol. The van der Waals surface area contributed by atoms with Crippen molar-refractivity contribution in [3.8, 4) is 0 Å². The third-order valence-electron chi connectivity index (χ3n) is 3.37. The molecule has 1 aliphatic rings. The van der Waals surface area contributed by atoms with E-state index in [1.165, 1.54) is 0 Å². The van der Waals surface area contributed by atoms with Gasteiger partial charge in [-0.25, -0.2) is 0 Å². The van der Waals surface area contributed by atoms with Crippen molar-refractivity contribution in [2.75, 3.05) is 12.4 Å². The van der Waals surface area contributed by atoms with Crippen molar-refractivity contribution in [3.63, 3.8) is 0 Å². The van der Waals surface area contributed by atoms with Crippen molar-refractivity contribution in [2.45, 2.75) is 13.0 Å². The van der Waals surface area contributed by atoms with E-state index >= 15 is 0 Å². The summed E-state index contributed by atoms with van der Waals surface area (Å²) in [7, 11) is 1.78. The molecule has 21 heavy (non-hydrogen) atoms. The Morgan fingerprint density at radius 2 is 2.24 bits per heavy atom. The van der Waals surface area contributed by atoms with E-state index in [2.05, 4.69) is 21.2 Å². The van der Waals surface area contributed by atoms with Crippen molar-refractivity contribution >= 4 is 44.8 Å². The van der Waals surface area contributed by atoms with Crippen LogP contribution in [0, 0.1) is 0 Å². The highest BCUT2D eigenvalue weighted by Gasteiger charge is 2.20. The first-order valence-corrected chi connectivity index (χ1v) is 8.11. The molecule has 3 rings (SSSR count). The lowest BCUT2D eigenvalue weighted by atomic mass is 10.1. The summed E-state index contributed by atoms with van der Waals surface area (Å²) in [6.07, 6.45) is 0.391. The molecule has 0 aliphatic carbocycles. The molecule has 2 aromatic rings. The first-order valence-electron chi connectivity index (χ1n) is 6.44. The summed E-state index contributed by atoms with van der Waals surface area (Å²) in [6, 6.07) is 7.39. The quantitative estimate of drug-likeness (QED) is 0.908.